The Kier molecular flexibility index (Phi) is 34.4. The molecule has 79 heavy (non-hydrogen) atoms. The Morgan fingerprint density at radius 1 is 0.519 bits per heavy atom. The van der Waals surface area contributed by atoms with Crippen LogP contribution >= 0.6 is 0 Å². The molecule has 2 saturated heterocycles. The second kappa shape index (κ2) is 37.1. The lowest BCUT2D eigenvalue weighted by atomic mass is 9.97. The highest BCUT2D eigenvalue weighted by Crippen LogP contribution is 2.28. The number of aliphatic hydroxyl groups is 6. The summed E-state index contributed by atoms with van der Waals surface area (Å²) in [6.45, 7) is 11.6. The van der Waals surface area contributed by atoms with E-state index in [1.54, 1.807) is 41.5 Å². The Morgan fingerprint density at radius 2 is 0.848 bits per heavy atom. The number of hydrogen-bond donors (Lipinski definition) is 14. The molecule has 0 saturated carbocycles. The Morgan fingerprint density at radius 3 is 1.16 bits per heavy atom. The topological polar surface area (TPSA) is 494 Å². The SMILES string of the molecule is COC(=O)C(CCCCN)NC(=O)[C@@H](CCCCCC(=O)C(O)C(O)C(O)C(O)C(=O)O)NC(=O)OC(C)(C)C.COC(=O)C(CCCCN)NC(=O)[C@@H](CCCCN)NC(=O)OC(C)(C)C.O=C1OC2C(OC(=O)[C@@H]2O)[C@@H]1O. The summed E-state index contributed by atoms with van der Waals surface area (Å²) in [6, 6.07) is -3.65. The van der Waals surface area contributed by atoms with Gasteiger partial charge in [-0.15, -0.1) is 0 Å². The molecule has 456 valence electrons. The van der Waals surface area contributed by atoms with Crippen molar-refractivity contribution in [1.82, 2.24) is 21.3 Å². The highest BCUT2D eigenvalue weighted by molar-refractivity contribution is 5.91. The second-order valence-corrected chi connectivity index (χ2v) is 20.4. The van der Waals surface area contributed by atoms with E-state index in [0.29, 0.717) is 71.0 Å². The second-order valence-electron chi connectivity index (χ2n) is 20.4. The maximum Gasteiger partial charge on any atom is 0.408 e. The van der Waals surface area contributed by atoms with Crippen molar-refractivity contribution in [2.45, 2.75) is 216 Å². The Balaban J connectivity index is 0.00000132. The molecule has 0 aromatic carbocycles. The number of unbranched alkanes of at least 4 members (excludes halogenated alkanes) is 5. The number of nitrogens with two attached hydrogens (primary N) is 3. The molecule has 12 atom stereocenters. The van der Waals surface area contributed by atoms with E-state index in [0.717, 1.165) is 12.8 Å². The molecule has 2 heterocycles. The van der Waals surface area contributed by atoms with Crippen LogP contribution in [0.25, 0.3) is 0 Å². The number of carbonyl (C=O) groups is 10. The van der Waals surface area contributed by atoms with Gasteiger partial charge in [-0.3, -0.25) is 14.4 Å². The van der Waals surface area contributed by atoms with Crippen molar-refractivity contribution >= 4 is 59.6 Å². The summed E-state index contributed by atoms with van der Waals surface area (Å²) in [5, 5.41) is 75.6. The summed E-state index contributed by atoms with van der Waals surface area (Å²) in [5.74, 6) is -6.73. The van der Waals surface area contributed by atoms with Crippen LogP contribution in [0.15, 0.2) is 0 Å². The molecule has 0 bridgehead atoms. The van der Waals surface area contributed by atoms with Crippen LogP contribution in [-0.2, 0) is 66.8 Å². The van der Waals surface area contributed by atoms with E-state index in [9.17, 15) is 68.4 Å². The number of aliphatic hydroxyl groups excluding tert-OH is 6. The number of Topliss-reactive ketones (excluding diaryl/α,β-unsaturated/α-hetero) is 1. The minimum Gasteiger partial charge on any atom is -0.479 e. The molecule has 17 N–H and O–H groups in total. The Bertz CT molecular complexity index is 1920. The van der Waals surface area contributed by atoms with Crippen LogP contribution in [0.5, 0.6) is 0 Å². The Labute approximate surface area is 458 Å². The lowest BCUT2D eigenvalue weighted by molar-refractivity contribution is -0.166. The van der Waals surface area contributed by atoms with E-state index in [4.69, 9.17) is 51.5 Å². The highest BCUT2D eigenvalue weighted by atomic mass is 16.7. The molecular formula is C49H87N7O23. The van der Waals surface area contributed by atoms with E-state index < -0.39 is 144 Å². The normalized spacial score (nSPS) is 19.6. The number of fused-ring (bicyclic) bond motifs is 1. The van der Waals surface area contributed by atoms with E-state index in [2.05, 4.69) is 30.7 Å². The third-order valence-corrected chi connectivity index (χ3v) is 11.4. The number of alkyl carbamates (subject to hydrolysis) is 2. The fourth-order valence-electron chi connectivity index (χ4n) is 7.22. The van der Waals surface area contributed by atoms with Gasteiger partial charge in [0.25, 0.3) is 0 Å². The highest BCUT2D eigenvalue weighted by Gasteiger charge is 2.57. The van der Waals surface area contributed by atoms with Gasteiger partial charge in [0.2, 0.25) is 11.8 Å². The molecule has 2 rings (SSSR count). The number of amides is 4. The molecule has 2 fully saturated rings. The first-order valence-electron chi connectivity index (χ1n) is 25.9. The van der Waals surface area contributed by atoms with Gasteiger partial charge >= 0.3 is 42.0 Å². The minimum atomic E-state index is -2.39. The van der Waals surface area contributed by atoms with E-state index in [1.165, 1.54) is 14.2 Å². The number of esters is 4. The van der Waals surface area contributed by atoms with Crippen molar-refractivity contribution in [3.8, 4) is 0 Å². The average Bonchev–Trinajstić information content (AvgIpc) is 3.81. The van der Waals surface area contributed by atoms with Crippen molar-refractivity contribution < 1.29 is 112 Å². The van der Waals surface area contributed by atoms with Crippen molar-refractivity contribution in [1.29, 1.82) is 0 Å². The number of ether oxygens (including phenoxy) is 6. The molecule has 8 unspecified atom stereocenters. The van der Waals surface area contributed by atoms with Gasteiger partial charge in [-0.05, 0) is 132 Å². The van der Waals surface area contributed by atoms with E-state index >= 15 is 0 Å². The molecule has 0 aromatic rings. The number of carbonyl (C=O) groups excluding carboxylic acids is 9. The average molecular weight is 1140 g/mol. The summed E-state index contributed by atoms with van der Waals surface area (Å²) in [7, 11) is 2.45. The molecule has 4 amide bonds. The lowest BCUT2D eigenvalue weighted by Gasteiger charge is -2.25. The fourth-order valence-corrected chi connectivity index (χ4v) is 7.22. The standard InChI is InChI=1S/C25H45N3O12.C18H36N4O5.C6H6O6/c1-25(2,3)40-24(38)28-14(21(34)27-15(23(37)39-4)11-8-9-13-26)10-6-5-7-12-16(29)17(30)18(31)19(32)20(33)22(35)36;1-18(2,3)27-17(25)22-13(9-5-7-11-19)15(23)21-14(16(24)26-4)10-6-8-12-20;7-1-3-4(12-5(1)9)2(8)6(10)11-3/h14-15,17-20,30-33H,5-13,26H2,1-4H3,(H,27,34)(H,28,38)(H,35,36);13-14H,5-12,19-20H2,1-4H3,(H,21,23)(H,22,25);1-4,7-8H/t14-,15?,17?,18?,19?,20?;13-,14?;1-,2+,3?,4?/m11./s1. The molecule has 0 aromatic heterocycles. The smallest absolute Gasteiger partial charge is 0.408 e. The Hall–Kier alpha value is -5.86. The van der Waals surface area contributed by atoms with Crippen molar-refractivity contribution in [2.75, 3.05) is 33.9 Å². The predicted molar refractivity (Wildman–Crippen MR) is 274 cm³/mol. The third-order valence-electron chi connectivity index (χ3n) is 11.4. The molecule has 2 aliphatic rings. The van der Waals surface area contributed by atoms with Gasteiger partial charge in [-0.2, -0.15) is 0 Å². The summed E-state index contributed by atoms with van der Waals surface area (Å²) in [6.07, 6.45) is -9.80. The van der Waals surface area contributed by atoms with E-state index in [-0.39, 0.29) is 25.7 Å². The van der Waals surface area contributed by atoms with Crippen molar-refractivity contribution in [2.24, 2.45) is 17.2 Å². The number of methoxy groups -OCH3 is 2. The van der Waals surface area contributed by atoms with Gasteiger partial charge in [0, 0.05) is 6.42 Å². The third kappa shape index (κ3) is 28.7. The predicted octanol–water partition coefficient (Wildman–Crippen LogP) is -2.93. The van der Waals surface area contributed by atoms with Crippen LogP contribution in [0, 0.1) is 0 Å². The number of nitrogens with one attached hydrogen (secondary N) is 4. The molecule has 30 nitrogen and oxygen atoms in total. The number of rotatable bonds is 31. The zero-order valence-corrected chi connectivity index (χ0v) is 46.3. The zero-order chi connectivity index (χ0) is 60.8. The van der Waals surface area contributed by atoms with Crippen molar-refractivity contribution in [3.05, 3.63) is 0 Å². The molecule has 2 aliphatic heterocycles. The van der Waals surface area contributed by atoms with Crippen molar-refractivity contribution in [3.63, 3.8) is 0 Å². The summed E-state index contributed by atoms with van der Waals surface area (Å²) < 4.78 is 28.9. The molecular weight excluding hydrogens is 1050 g/mol. The molecule has 0 spiro atoms. The molecule has 0 aliphatic carbocycles. The summed E-state index contributed by atoms with van der Waals surface area (Å²) in [5.41, 5.74) is 14.9. The fraction of sp³-hybridized carbons (Fsp3) is 0.796. The van der Waals surface area contributed by atoms with Gasteiger partial charge < -0.3 is 103 Å². The van der Waals surface area contributed by atoms with Gasteiger partial charge in [0.1, 0.15) is 53.7 Å². The van der Waals surface area contributed by atoms with Crippen LogP contribution in [0.4, 0.5) is 9.59 Å². The number of carboxylic acid groups (broad SMARTS) is 1. The largest absolute Gasteiger partial charge is 0.479 e. The quantitative estimate of drug-likeness (QED) is 0.0188. The first-order valence-corrected chi connectivity index (χ1v) is 25.9. The molecule has 0 radical (unpaired) electrons. The maximum atomic E-state index is 13.0. The first-order chi connectivity index (χ1) is 36.8. The van der Waals surface area contributed by atoms with Gasteiger partial charge in [-0.1, -0.05) is 12.8 Å². The molecule has 30 heteroatoms. The van der Waals surface area contributed by atoms with Gasteiger partial charge in [-0.25, -0.2) is 33.6 Å². The monoisotopic (exact) mass is 1140 g/mol. The minimum absolute atomic E-state index is 0.102. The van der Waals surface area contributed by atoms with Crippen LogP contribution in [0.3, 0.4) is 0 Å². The van der Waals surface area contributed by atoms with Crippen LogP contribution < -0.4 is 38.5 Å². The first kappa shape index (κ1) is 73.1. The van der Waals surface area contributed by atoms with Crippen LogP contribution in [0.1, 0.15) is 131 Å². The lowest BCUT2D eigenvalue weighted by Crippen LogP contribution is -2.52. The van der Waals surface area contributed by atoms with Gasteiger partial charge in [0.15, 0.2) is 36.3 Å². The van der Waals surface area contributed by atoms with Crippen LogP contribution in [0.2, 0.25) is 0 Å². The van der Waals surface area contributed by atoms with Gasteiger partial charge in [0.05, 0.1) is 14.2 Å². The number of carboxylic acids is 1. The van der Waals surface area contributed by atoms with Crippen LogP contribution in [-0.4, -0.2) is 213 Å². The van der Waals surface area contributed by atoms with E-state index in [1.807, 2.05) is 0 Å². The summed E-state index contributed by atoms with van der Waals surface area (Å²) in [4.78, 5) is 118. The number of ketones is 1. The number of aliphatic carboxylic acids is 1. The zero-order valence-electron chi connectivity index (χ0n) is 46.3. The summed E-state index contributed by atoms with van der Waals surface area (Å²) >= 11 is 0. The maximum absolute atomic E-state index is 13.0. The number of hydrogen-bond acceptors (Lipinski definition) is 25.